The molecule has 1 aromatic carbocycles. The fourth-order valence-electron chi connectivity index (χ4n) is 2.82. The van der Waals surface area contributed by atoms with E-state index in [2.05, 4.69) is 10.2 Å². The van der Waals surface area contributed by atoms with E-state index in [1.54, 1.807) is 4.90 Å². The number of nitrogens with one attached hydrogen (secondary N) is 1. The lowest BCUT2D eigenvalue weighted by Crippen LogP contribution is -2.44. The van der Waals surface area contributed by atoms with Gasteiger partial charge in [0.15, 0.2) is 0 Å². The second-order valence-electron chi connectivity index (χ2n) is 5.87. The largest absolute Gasteiger partial charge is 0.395 e. The number of urea groups is 1. The van der Waals surface area contributed by atoms with Gasteiger partial charge in [-0.15, -0.1) is 0 Å². The van der Waals surface area contributed by atoms with E-state index in [1.807, 2.05) is 24.3 Å². The van der Waals surface area contributed by atoms with E-state index in [-0.39, 0.29) is 12.6 Å². The van der Waals surface area contributed by atoms with Crippen LogP contribution in [0.1, 0.15) is 24.8 Å². The first-order valence-corrected chi connectivity index (χ1v) is 8.68. The minimum absolute atomic E-state index is 0.0655. The van der Waals surface area contributed by atoms with Crippen LogP contribution in [-0.4, -0.2) is 60.3 Å². The van der Waals surface area contributed by atoms with Gasteiger partial charge in [-0.25, -0.2) is 4.79 Å². The summed E-state index contributed by atoms with van der Waals surface area (Å²) in [7, 11) is 0. The summed E-state index contributed by atoms with van der Waals surface area (Å²) < 4.78 is 0. The number of carbonyl (C=O) groups is 1. The topological polar surface area (TPSA) is 55.8 Å². The molecule has 0 unspecified atom stereocenters. The van der Waals surface area contributed by atoms with Crippen molar-refractivity contribution in [3.05, 3.63) is 34.9 Å². The van der Waals surface area contributed by atoms with E-state index in [0.29, 0.717) is 24.7 Å². The van der Waals surface area contributed by atoms with Crippen molar-refractivity contribution in [1.29, 1.82) is 0 Å². The number of nitrogens with zero attached hydrogens (tertiary/aromatic N) is 2. The second-order valence-corrected chi connectivity index (χ2v) is 6.28. The van der Waals surface area contributed by atoms with Crippen molar-refractivity contribution in [3.8, 4) is 0 Å². The number of aliphatic hydroxyl groups excluding tert-OH is 1. The van der Waals surface area contributed by atoms with Crippen LogP contribution < -0.4 is 5.32 Å². The molecule has 1 heterocycles. The maximum absolute atomic E-state index is 12.3. The van der Waals surface area contributed by atoms with E-state index in [1.165, 1.54) is 19.3 Å². The van der Waals surface area contributed by atoms with Crippen LogP contribution in [0.25, 0.3) is 0 Å². The lowest BCUT2D eigenvalue weighted by Gasteiger charge is -2.27. The Balaban J connectivity index is 1.81. The fraction of sp³-hybridized carbons (Fsp3) is 0.588. The summed E-state index contributed by atoms with van der Waals surface area (Å²) in [6.45, 7) is 4.38. The third kappa shape index (κ3) is 6.01. The number of amides is 2. The van der Waals surface area contributed by atoms with Gasteiger partial charge in [0, 0.05) is 31.2 Å². The number of aliphatic hydroxyl groups is 1. The van der Waals surface area contributed by atoms with Gasteiger partial charge in [0.05, 0.1) is 6.61 Å². The Kier molecular flexibility index (Phi) is 7.65. The zero-order valence-electron chi connectivity index (χ0n) is 13.5. The van der Waals surface area contributed by atoms with Gasteiger partial charge in [0.25, 0.3) is 0 Å². The maximum atomic E-state index is 12.3. The molecule has 2 N–H and O–H groups in total. The van der Waals surface area contributed by atoms with E-state index >= 15 is 0 Å². The molecule has 0 spiro atoms. The maximum Gasteiger partial charge on any atom is 0.317 e. The van der Waals surface area contributed by atoms with Gasteiger partial charge in [0.2, 0.25) is 0 Å². The van der Waals surface area contributed by atoms with Gasteiger partial charge in [-0.2, -0.15) is 0 Å². The highest BCUT2D eigenvalue weighted by Crippen LogP contribution is 2.17. The summed E-state index contributed by atoms with van der Waals surface area (Å²) >= 11 is 6.15. The Morgan fingerprint density at radius 3 is 2.70 bits per heavy atom. The highest BCUT2D eigenvalue weighted by atomic mass is 35.5. The molecule has 0 atom stereocenters. The van der Waals surface area contributed by atoms with Crippen LogP contribution in [0.4, 0.5) is 4.79 Å². The van der Waals surface area contributed by atoms with Crippen LogP contribution in [0.5, 0.6) is 0 Å². The average Bonchev–Trinajstić information content (AvgIpc) is 2.57. The van der Waals surface area contributed by atoms with Crippen LogP contribution in [0.3, 0.4) is 0 Å². The van der Waals surface area contributed by atoms with Crippen LogP contribution in [0.2, 0.25) is 5.02 Å². The smallest absolute Gasteiger partial charge is 0.317 e. The normalized spacial score (nSPS) is 15.4. The summed E-state index contributed by atoms with van der Waals surface area (Å²) in [5, 5.41) is 12.8. The molecule has 128 valence electrons. The minimum Gasteiger partial charge on any atom is -0.395 e. The number of likely N-dealkylation sites (tertiary alicyclic amines) is 1. The molecule has 1 aliphatic heterocycles. The van der Waals surface area contributed by atoms with Crippen molar-refractivity contribution >= 4 is 17.6 Å². The predicted octanol–water partition coefficient (Wildman–Crippen LogP) is 2.33. The number of carbonyl (C=O) groups excluding carboxylic acids is 1. The number of hydrogen-bond donors (Lipinski definition) is 2. The highest BCUT2D eigenvalue weighted by Gasteiger charge is 2.15. The zero-order chi connectivity index (χ0) is 16.5. The second kappa shape index (κ2) is 9.75. The third-order valence-electron chi connectivity index (χ3n) is 4.13. The molecule has 1 fully saturated rings. The van der Waals surface area contributed by atoms with Gasteiger partial charge < -0.3 is 20.2 Å². The lowest BCUT2D eigenvalue weighted by atomic mass is 10.1. The van der Waals surface area contributed by atoms with Gasteiger partial charge in [-0.05, 0) is 37.6 Å². The summed E-state index contributed by atoms with van der Waals surface area (Å²) in [6, 6.07) is 7.31. The molecule has 2 rings (SSSR count). The van der Waals surface area contributed by atoms with Crippen LogP contribution in [0, 0.1) is 0 Å². The quantitative estimate of drug-likeness (QED) is 0.801. The summed E-state index contributed by atoms with van der Waals surface area (Å²) in [5.74, 6) is 0. The number of hydrogen-bond acceptors (Lipinski definition) is 3. The molecular weight excluding hydrogens is 314 g/mol. The summed E-state index contributed by atoms with van der Waals surface area (Å²) in [6.07, 6.45) is 3.80. The van der Waals surface area contributed by atoms with Crippen molar-refractivity contribution < 1.29 is 9.90 Å². The van der Waals surface area contributed by atoms with Crippen LogP contribution in [-0.2, 0) is 6.54 Å². The Labute approximate surface area is 143 Å². The van der Waals surface area contributed by atoms with Gasteiger partial charge >= 0.3 is 6.03 Å². The number of rotatable bonds is 7. The number of benzene rings is 1. The van der Waals surface area contributed by atoms with Crippen LogP contribution >= 0.6 is 11.6 Å². The molecule has 1 aromatic rings. The van der Waals surface area contributed by atoms with E-state index in [0.717, 1.165) is 25.2 Å². The molecule has 23 heavy (non-hydrogen) atoms. The molecule has 0 saturated carbocycles. The third-order valence-corrected chi connectivity index (χ3v) is 4.50. The molecule has 0 aliphatic carbocycles. The zero-order valence-corrected chi connectivity index (χ0v) is 14.3. The van der Waals surface area contributed by atoms with Gasteiger partial charge in [0.1, 0.15) is 0 Å². The summed E-state index contributed by atoms with van der Waals surface area (Å²) in [4.78, 5) is 16.3. The fourth-order valence-corrected chi connectivity index (χ4v) is 3.02. The van der Waals surface area contributed by atoms with Crippen molar-refractivity contribution in [1.82, 2.24) is 15.1 Å². The molecule has 0 radical (unpaired) electrons. The minimum atomic E-state index is -0.157. The molecule has 0 bridgehead atoms. The highest BCUT2D eigenvalue weighted by molar-refractivity contribution is 6.31. The average molecular weight is 340 g/mol. The van der Waals surface area contributed by atoms with Gasteiger partial charge in [-0.3, -0.25) is 0 Å². The Morgan fingerprint density at radius 1 is 1.26 bits per heavy atom. The van der Waals surface area contributed by atoms with E-state index in [4.69, 9.17) is 11.6 Å². The molecule has 0 aromatic heterocycles. The van der Waals surface area contributed by atoms with Crippen molar-refractivity contribution in [2.24, 2.45) is 0 Å². The standard InChI is InChI=1S/C17H26ClN3O2/c18-16-7-3-2-6-15(16)14-21(12-13-22)17(23)19-8-11-20-9-4-1-5-10-20/h2-3,6-7,22H,1,4-5,8-14H2,(H,19,23). The Bertz CT molecular complexity index is 492. The first kappa shape index (κ1) is 18.0. The molecule has 2 amide bonds. The SMILES string of the molecule is O=C(NCCN1CCCCC1)N(CCO)Cc1ccccc1Cl. The number of halogens is 1. The van der Waals surface area contributed by atoms with E-state index < -0.39 is 0 Å². The van der Waals surface area contributed by atoms with Crippen molar-refractivity contribution in [2.45, 2.75) is 25.8 Å². The molecule has 1 aliphatic rings. The van der Waals surface area contributed by atoms with E-state index in [9.17, 15) is 9.90 Å². The Morgan fingerprint density at radius 2 is 2.00 bits per heavy atom. The summed E-state index contributed by atoms with van der Waals surface area (Å²) in [5.41, 5.74) is 0.883. The van der Waals surface area contributed by atoms with Gasteiger partial charge in [-0.1, -0.05) is 36.2 Å². The number of piperidine rings is 1. The van der Waals surface area contributed by atoms with Crippen molar-refractivity contribution in [3.63, 3.8) is 0 Å². The molecule has 1 saturated heterocycles. The van der Waals surface area contributed by atoms with Crippen molar-refractivity contribution in [2.75, 3.05) is 39.3 Å². The molecule has 5 nitrogen and oxygen atoms in total. The Hall–Kier alpha value is -1.30. The van der Waals surface area contributed by atoms with Crippen LogP contribution in [0.15, 0.2) is 24.3 Å². The lowest BCUT2D eigenvalue weighted by molar-refractivity contribution is 0.170. The molecular formula is C17H26ClN3O2. The first-order chi connectivity index (χ1) is 11.2. The first-order valence-electron chi connectivity index (χ1n) is 8.30. The predicted molar refractivity (Wildman–Crippen MR) is 92.6 cm³/mol. The monoisotopic (exact) mass is 339 g/mol. The molecule has 6 heteroatoms.